The Bertz CT molecular complexity index is 1430. The maximum atomic E-state index is 13.9. The largest absolute Gasteiger partial charge is 0.871 e. The van der Waals surface area contributed by atoms with Crippen molar-refractivity contribution in [3.63, 3.8) is 0 Å². The van der Waals surface area contributed by atoms with Crippen LogP contribution in [0.25, 0.3) is 11.4 Å². The first kappa shape index (κ1) is 21.1. The molecular weight excluding hydrogens is 484 g/mol. The van der Waals surface area contributed by atoms with Gasteiger partial charge in [0.1, 0.15) is 5.65 Å². The van der Waals surface area contributed by atoms with E-state index in [0.717, 1.165) is 10.0 Å². The standard InChI is InChI=1S/C25H19BrN4O3/c1-15-21(29-11-3-2-9-19(29)28-15)23(31)20-22(17-7-4-8-18(26)12-17)30(25(33)24(20)32)14-16-6-5-10-27-13-16/h2-13,22,31H,14H2,1H3. The third-order valence-electron chi connectivity index (χ3n) is 5.74. The minimum atomic E-state index is -0.816. The Balaban J connectivity index is 1.73. The molecule has 0 aliphatic carbocycles. The second-order valence-electron chi connectivity index (χ2n) is 7.85. The van der Waals surface area contributed by atoms with Crippen molar-refractivity contribution in [1.82, 2.24) is 14.3 Å². The fraction of sp³-hybridized carbons (Fsp3) is 0.120. The van der Waals surface area contributed by atoms with Gasteiger partial charge in [0.25, 0.3) is 5.91 Å². The number of rotatable bonds is 4. The average molecular weight is 503 g/mol. The molecule has 3 aromatic heterocycles. The Hall–Kier alpha value is -3.78. The molecule has 5 rings (SSSR count). The number of hydrogen-bond donors (Lipinski definition) is 0. The first-order valence-electron chi connectivity index (χ1n) is 10.4. The van der Waals surface area contributed by atoms with Crippen molar-refractivity contribution in [3.05, 3.63) is 106 Å². The van der Waals surface area contributed by atoms with Crippen LogP contribution < -0.4 is 10.1 Å². The minimum absolute atomic E-state index is 0.0632. The highest BCUT2D eigenvalue weighted by atomic mass is 79.9. The highest BCUT2D eigenvalue weighted by Crippen LogP contribution is 2.40. The number of aryl methyl sites for hydroxylation is 1. The van der Waals surface area contributed by atoms with Gasteiger partial charge in [0, 0.05) is 27.9 Å². The van der Waals surface area contributed by atoms with Gasteiger partial charge in [-0.25, -0.2) is 9.97 Å². The fourth-order valence-corrected chi connectivity index (χ4v) is 4.71. The number of fused-ring (bicyclic) bond motifs is 1. The number of pyridine rings is 2. The normalized spacial score (nSPS) is 17.8. The number of amides is 1. The summed E-state index contributed by atoms with van der Waals surface area (Å²) in [7, 11) is 0. The zero-order chi connectivity index (χ0) is 23.1. The van der Waals surface area contributed by atoms with Gasteiger partial charge in [-0.2, -0.15) is 0 Å². The molecule has 0 spiro atoms. The number of likely N-dealkylation sites (tertiary alicyclic amines) is 1. The number of H-pyrrole nitrogens is 1. The molecule has 7 nitrogen and oxygen atoms in total. The van der Waals surface area contributed by atoms with E-state index in [1.807, 2.05) is 42.5 Å². The molecule has 1 atom stereocenters. The van der Waals surface area contributed by atoms with Gasteiger partial charge in [-0.1, -0.05) is 39.9 Å². The molecule has 164 valence electrons. The van der Waals surface area contributed by atoms with Crippen LogP contribution in [0, 0.1) is 6.92 Å². The molecule has 1 amide bonds. The molecule has 1 fully saturated rings. The Morgan fingerprint density at radius 1 is 1.15 bits per heavy atom. The van der Waals surface area contributed by atoms with Gasteiger partial charge in [-0.3, -0.25) is 9.59 Å². The van der Waals surface area contributed by atoms with Crippen LogP contribution in [0.1, 0.15) is 28.6 Å². The van der Waals surface area contributed by atoms with Crippen molar-refractivity contribution in [2.45, 2.75) is 19.5 Å². The molecule has 1 saturated heterocycles. The Labute approximate surface area is 198 Å². The lowest BCUT2D eigenvalue weighted by Crippen LogP contribution is -2.29. The molecule has 1 unspecified atom stereocenters. The fourth-order valence-electron chi connectivity index (χ4n) is 4.30. The number of Topliss-reactive ketones (excluding diaryl/α,β-unsaturated/α-hetero) is 1. The number of halogens is 1. The molecule has 0 saturated carbocycles. The molecule has 0 radical (unpaired) electrons. The van der Waals surface area contributed by atoms with Crippen LogP contribution in [0.3, 0.4) is 0 Å². The van der Waals surface area contributed by atoms with Crippen LogP contribution in [-0.2, 0) is 16.1 Å². The summed E-state index contributed by atoms with van der Waals surface area (Å²) in [6, 6.07) is 15.6. The van der Waals surface area contributed by atoms with Gasteiger partial charge in [-0.15, -0.1) is 0 Å². The zero-order valence-electron chi connectivity index (χ0n) is 17.7. The van der Waals surface area contributed by atoms with Crippen LogP contribution in [0.15, 0.2) is 83.2 Å². The van der Waals surface area contributed by atoms with E-state index in [2.05, 4.69) is 25.9 Å². The van der Waals surface area contributed by atoms with E-state index in [1.54, 1.807) is 42.0 Å². The van der Waals surface area contributed by atoms with Crippen LogP contribution in [0.5, 0.6) is 0 Å². The molecule has 1 N–H and O–H groups in total. The summed E-state index contributed by atoms with van der Waals surface area (Å²) in [6.45, 7) is 1.91. The number of aromatic nitrogens is 3. The van der Waals surface area contributed by atoms with Crippen molar-refractivity contribution >= 4 is 39.0 Å². The second-order valence-corrected chi connectivity index (χ2v) is 8.76. The Kier molecular flexibility index (Phi) is 5.30. The lowest BCUT2D eigenvalue weighted by Gasteiger charge is -2.27. The number of carbonyl (C=O) groups excluding carboxylic acids is 2. The van der Waals surface area contributed by atoms with Crippen LogP contribution in [-0.4, -0.2) is 26.0 Å². The van der Waals surface area contributed by atoms with Crippen LogP contribution >= 0.6 is 15.9 Å². The highest BCUT2D eigenvalue weighted by molar-refractivity contribution is 9.10. The molecule has 1 aliphatic heterocycles. The molecule has 33 heavy (non-hydrogen) atoms. The quantitative estimate of drug-likeness (QED) is 0.243. The lowest BCUT2D eigenvalue weighted by atomic mass is 9.96. The van der Waals surface area contributed by atoms with Gasteiger partial charge in [0.2, 0.25) is 5.78 Å². The molecule has 4 aromatic rings. The van der Waals surface area contributed by atoms with Gasteiger partial charge < -0.3 is 14.4 Å². The smallest absolute Gasteiger partial charge is 0.295 e. The molecular formula is C25H19BrN4O3. The van der Waals surface area contributed by atoms with Gasteiger partial charge in [-0.05, 0) is 42.8 Å². The molecule has 1 aliphatic rings. The van der Waals surface area contributed by atoms with Crippen LogP contribution in [0.2, 0.25) is 0 Å². The number of nitrogens with one attached hydrogen (secondary N) is 1. The van der Waals surface area contributed by atoms with Gasteiger partial charge in [0.15, 0.2) is 12.4 Å². The maximum Gasteiger partial charge on any atom is 0.295 e. The summed E-state index contributed by atoms with van der Waals surface area (Å²) < 4.78 is 2.45. The first-order chi connectivity index (χ1) is 16.0. The third-order valence-corrected chi connectivity index (χ3v) is 6.23. The summed E-state index contributed by atoms with van der Waals surface area (Å²) in [6.07, 6.45) is 5.26. The van der Waals surface area contributed by atoms with Crippen molar-refractivity contribution in [1.29, 1.82) is 0 Å². The Morgan fingerprint density at radius 3 is 2.76 bits per heavy atom. The lowest BCUT2D eigenvalue weighted by molar-refractivity contribution is -0.378. The number of benzene rings is 1. The maximum absolute atomic E-state index is 13.9. The van der Waals surface area contributed by atoms with Crippen molar-refractivity contribution < 1.29 is 19.7 Å². The topological polar surface area (TPSA) is 91.9 Å². The highest BCUT2D eigenvalue weighted by Gasteiger charge is 2.44. The Morgan fingerprint density at radius 2 is 2.00 bits per heavy atom. The summed E-state index contributed by atoms with van der Waals surface area (Å²) >= 11 is 3.46. The number of carbonyl (C=O) groups is 2. The van der Waals surface area contributed by atoms with Gasteiger partial charge in [0.05, 0.1) is 24.0 Å². The van der Waals surface area contributed by atoms with Crippen molar-refractivity contribution in [3.8, 4) is 0 Å². The molecule has 8 heteroatoms. The SMILES string of the molecule is Cc1nc2ccccn2c1C([O-])=C1C(=O)C(=O)N(Cc2ccc[nH+]c2)C1c1cccc(Br)c1. The molecule has 0 bridgehead atoms. The van der Waals surface area contributed by atoms with E-state index >= 15 is 0 Å². The number of imidazole rings is 1. The summed E-state index contributed by atoms with van der Waals surface area (Å²) in [5.74, 6) is -1.97. The predicted octanol–water partition coefficient (Wildman–Crippen LogP) is 2.64. The summed E-state index contributed by atoms with van der Waals surface area (Å²) in [5, 5.41) is 13.9. The van der Waals surface area contributed by atoms with E-state index in [4.69, 9.17) is 0 Å². The number of hydrogen-bond acceptors (Lipinski definition) is 4. The molecule has 1 aromatic carbocycles. The summed E-state index contributed by atoms with van der Waals surface area (Å²) in [5.41, 5.74) is 2.83. The third kappa shape index (κ3) is 3.62. The monoisotopic (exact) mass is 502 g/mol. The number of nitrogens with zero attached hydrogens (tertiary/aromatic N) is 3. The average Bonchev–Trinajstić information content (AvgIpc) is 3.28. The molecule has 4 heterocycles. The number of ketones is 1. The first-order valence-corrected chi connectivity index (χ1v) is 11.2. The minimum Gasteiger partial charge on any atom is -0.871 e. The van der Waals surface area contributed by atoms with E-state index < -0.39 is 23.5 Å². The van der Waals surface area contributed by atoms with Crippen molar-refractivity contribution in [2.75, 3.05) is 0 Å². The van der Waals surface area contributed by atoms with Gasteiger partial charge >= 0.3 is 0 Å². The summed E-state index contributed by atoms with van der Waals surface area (Å²) in [4.78, 5) is 35.3. The predicted molar refractivity (Wildman–Crippen MR) is 122 cm³/mol. The van der Waals surface area contributed by atoms with Crippen molar-refractivity contribution in [2.24, 2.45) is 0 Å². The number of aromatic amines is 1. The van der Waals surface area contributed by atoms with Crippen LogP contribution in [0.4, 0.5) is 0 Å². The van der Waals surface area contributed by atoms with E-state index in [-0.39, 0.29) is 17.8 Å². The van der Waals surface area contributed by atoms with E-state index in [0.29, 0.717) is 16.9 Å². The van der Waals surface area contributed by atoms with E-state index in [9.17, 15) is 14.7 Å². The second kappa shape index (κ2) is 8.29. The van der Waals surface area contributed by atoms with E-state index in [1.165, 1.54) is 4.90 Å². The zero-order valence-corrected chi connectivity index (χ0v) is 19.2.